The maximum Gasteiger partial charge on any atom is 0.323 e. The normalized spacial score (nSPS) is 14.2. The van der Waals surface area contributed by atoms with Gasteiger partial charge in [-0.05, 0) is 74.1 Å². The van der Waals surface area contributed by atoms with E-state index in [1.807, 2.05) is 36.6 Å². The second kappa shape index (κ2) is 10.5. The van der Waals surface area contributed by atoms with Crippen molar-refractivity contribution in [2.24, 2.45) is 0 Å². The number of esters is 1. The number of benzene rings is 2. The van der Waals surface area contributed by atoms with Crippen LogP contribution in [0.2, 0.25) is 0 Å². The number of ether oxygens (including phenoxy) is 1. The van der Waals surface area contributed by atoms with Gasteiger partial charge in [-0.25, -0.2) is 9.97 Å². The van der Waals surface area contributed by atoms with Crippen molar-refractivity contribution in [3.63, 3.8) is 0 Å². The van der Waals surface area contributed by atoms with Gasteiger partial charge in [0, 0.05) is 23.8 Å². The maximum absolute atomic E-state index is 12.1. The van der Waals surface area contributed by atoms with Crippen LogP contribution in [-0.2, 0) is 16.1 Å². The van der Waals surface area contributed by atoms with Gasteiger partial charge in [-0.2, -0.15) is 0 Å². The Hall–Kier alpha value is -4.04. The fraction of sp³-hybridized carbons (Fsp3) is 0.312. The summed E-state index contributed by atoms with van der Waals surface area (Å²) >= 11 is 1.64. The molecule has 0 radical (unpaired) electrons. The summed E-state index contributed by atoms with van der Waals surface area (Å²) in [4.78, 5) is 34.4. The molecule has 3 heterocycles. The first kappa shape index (κ1) is 26.2. The van der Waals surface area contributed by atoms with E-state index < -0.39 is 11.9 Å². The van der Waals surface area contributed by atoms with E-state index in [1.165, 1.54) is 18.9 Å². The van der Waals surface area contributed by atoms with Gasteiger partial charge < -0.3 is 14.4 Å². The lowest BCUT2D eigenvalue weighted by Crippen LogP contribution is -2.11. The molecule has 1 aliphatic carbocycles. The smallest absolute Gasteiger partial charge is 0.323 e. The largest absolute Gasteiger partial charge is 0.480 e. The number of aliphatic carboxylic acids is 1. The molecule has 6 rings (SSSR count). The fourth-order valence-corrected chi connectivity index (χ4v) is 7.06. The molecule has 3 aromatic heterocycles. The minimum atomic E-state index is -0.923. The van der Waals surface area contributed by atoms with Crippen molar-refractivity contribution in [2.45, 2.75) is 65.3 Å². The highest BCUT2D eigenvalue weighted by atomic mass is 32.1. The summed E-state index contributed by atoms with van der Waals surface area (Å²) in [5.74, 6) is -0.591. The molecule has 40 heavy (non-hydrogen) atoms. The van der Waals surface area contributed by atoms with Gasteiger partial charge in [-0.15, -0.1) is 11.3 Å². The lowest BCUT2D eigenvalue weighted by Gasteiger charge is -2.23. The molecule has 1 aliphatic rings. The van der Waals surface area contributed by atoms with Crippen molar-refractivity contribution in [1.29, 1.82) is 0 Å². The predicted octanol–water partition coefficient (Wildman–Crippen LogP) is 7.65. The van der Waals surface area contributed by atoms with E-state index in [2.05, 4.69) is 23.2 Å². The summed E-state index contributed by atoms with van der Waals surface area (Å²) in [6, 6.07) is 15.9. The lowest BCUT2D eigenvalue weighted by atomic mass is 9.81. The molecule has 2 aromatic carbocycles. The van der Waals surface area contributed by atoms with Gasteiger partial charge in [0.05, 0.1) is 38.0 Å². The first-order valence-corrected chi connectivity index (χ1v) is 14.5. The fourth-order valence-electron chi connectivity index (χ4n) is 6.17. The second-order valence-corrected chi connectivity index (χ2v) is 11.8. The number of carbonyl (C=O) groups is 2. The SMILES string of the molecule is CC(=O)Oc1ccc2c(C3CCCCC3)c(-c3ccc4nc(-c5sc(C)nc5C)ccc4c3)n(CC(=O)O)c2c1. The highest BCUT2D eigenvalue weighted by Gasteiger charge is 2.28. The third kappa shape index (κ3) is 4.88. The van der Waals surface area contributed by atoms with Crippen LogP contribution in [0.25, 0.3) is 43.6 Å². The number of fused-ring (bicyclic) bond motifs is 2. The molecule has 0 aliphatic heterocycles. The van der Waals surface area contributed by atoms with Crippen LogP contribution in [-0.4, -0.2) is 31.6 Å². The highest BCUT2D eigenvalue weighted by Crippen LogP contribution is 2.45. The molecule has 0 spiro atoms. The van der Waals surface area contributed by atoms with Crippen LogP contribution >= 0.6 is 11.3 Å². The van der Waals surface area contributed by atoms with Crippen molar-refractivity contribution >= 4 is 45.1 Å². The van der Waals surface area contributed by atoms with Crippen molar-refractivity contribution < 1.29 is 19.4 Å². The van der Waals surface area contributed by atoms with Crippen LogP contribution in [0.1, 0.15) is 61.2 Å². The number of aryl methyl sites for hydroxylation is 2. The molecule has 5 aromatic rings. The number of hydrogen-bond donors (Lipinski definition) is 1. The highest BCUT2D eigenvalue weighted by molar-refractivity contribution is 7.15. The van der Waals surface area contributed by atoms with Gasteiger partial charge in [0.2, 0.25) is 0 Å². The number of thiazole rings is 1. The number of rotatable bonds is 6. The monoisotopic (exact) mass is 553 g/mol. The minimum absolute atomic E-state index is 0.193. The van der Waals surface area contributed by atoms with E-state index in [0.717, 1.165) is 80.0 Å². The molecule has 0 amide bonds. The third-order valence-corrected chi connectivity index (χ3v) is 8.84. The average molecular weight is 554 g/mol. The van der Waals surface area contributed by atoms with Gasteiger partial charge in [-0.3, -0.25) is 9.59 Å². The molecule has 0 saturated heterocycles. The molecule has 0 unspecified atom stereocenters. The summed E-state index contributed by atoms with van der Waals surface area (Å²) in [5.41, 5.74) is 6.59. The number of pyridine rings is 1. The number of aromatic nitrogens is 3. The number of hydrogen-bond acceptors (Lipinski definition) is 6. The first-order chi connectivity index (χ1) is 19.3. The number of carboxylic acids is 1. The standard InChI is InChI=1S/C32H31N3O4S/c1-18-32(40-19(2)33-18)27-14-9-22-15-23(10-13-26(22)34-27)31-30(21-7-5-4-6-8-21)25-12-11-24(39-20(3)36)16-28(25)35(31)17-29(37)38/h9-16,21H,4-8,17H2,1-3H3,(H,37,38). The van der Waals surface area contributed by atoms with Crippen molar-refractivity contribution in [2.75, 3.05) is 0 Å². The van der Waals surface area contributed by atoms with Crippen LogP contribution in [0.5, 0.6) is 5.75 Å². The Balaban J connectivity index is 1.55. The molecular weight excluding hydrogens is 522 g/mol. The number of nitrogens with zero attached hydrogens (tertiary/aromatic N) is 3. The molecular formula is C32H31N3O4S. The van der Waals surface area contributed by atoms with Gasteiger partial charge in [0.15, 0.2) is 0 Å². The van der Waals surface area contributed by atoms with E-state index in [-0.39, 0.29) is 6.54 Å². The van der Waals surface area contributed by atoms with Gasteiger partial charge in [0.25, 0.3) is 0 Å². The molecule has 7 nitrogen and oxygen atoms in total. The van der Waals surface area contributed by atoms with E-state index in [9.17, 15) is 14.7 Å². The van der Waals surface area contributed by atoms with Gasteiger partial charge in [-0.1, -0.05) is 31.4 Å². The van der Waals surface area contributed by atoms with E-state index in [1.54, 1.807) is 23.5 Å². The Morgan fingerprint density at radius 2 is 1.82 bits per heavy atom. The molecule has 1 saturated carbocycles. The Kier molecular flexibility index (Phi) is 6.88. The average Bonchev–Trinajstić information content (AvgIpc) is 3.43. The predicted molar refractivity (Wildman–Crippen MR) is 158 cm³/mol. The zero-order chi connectivity index (χ0) is 28.0. The zero-order valence-electron chi connectivity index (χ0n) is 22.9. The summed E-state index contributed by atoms with van der Waals surface area (Å²) < 4.78 is 7.26. The minimum Gasteiger partial charge on any atom is -0.480 e. The Morgan fingerprint density at radius 3 is 2.52 bits per heavy atom. The summed E-state index contributed by atoms with van der Waals surface area (Å²) in [6.45, 7) is 5.19. The Morgan fingerprint density at radius 1 is 1.02 bits per heavy atom. The van der Waals surface area contributed by atoms with Gasteiger partial charge in [0.1, 0.15) is 12.3 Å². The maximum atomic E-state index is 12.1. The van der Waals surface area contributed by atoms with Gasteiger partial charge >= 0.3 is 11.9 Å². The van der Waals surface area contributed by atoms with Crippen LogP contribution < -0.4 is 4.74 Å². The van der Waals surface area contributed by atoms with Crippen LogP contribution in [0.3, 0.4) is 0 Å². The summed E-state index contributed by atoms with van der Waals surface area (Å²) in [6.07, 6.45) is 5.66. The van der Waals surface area contributed by atoms with E-state index in [4.69, 9.17) is 9.72 Å². The van der Waals surface area contributed by atoms with E-state index in [0.29, 0.717) is 11.7 Å². The summed E-state index contributed by atoms with van der Waals surface area (Å²) in [5, 5.41) is 13.0. The summed E-state index contributed by atoms with van der Waals surface area (Å²) in [7, 11) is 0. The first-order valence-electron chi connectivity index (χ1n) is 13.7. The Bertz CT molecular complexity index is 1780. The molecule has 0 atom stereocenters. The topological polar surface area (TPSA) is 94.3 Å². The van der Waals surface area contributed by atoms with Crippen LogP contribution in [0.4, 0.5) is 0 Å². The van der Waals surface area contributed by atoms with E-state index >= 15 is 0 Å². The molecule has 204 valence electrons. The molecule has 1 N–H and O–H groups in total. The molecule has 1 fully saturated rings. The zero-order valence-corrected chi connectivity index (χ0v) is 23.7. The molecule has 0 bridgehead atoms. The lowest BCUT2D eigenvalue weighted by molar-refractivity contribution is -0.137. The van der Waals surface area contributed by atoms with Crippen LogP contribution in [0, 0.1) is 13.8 Å². The third-order valence-electron chi connectivity index (χ3n) is 7.74. The Labute approximate surface area is 236 Å². The van der Waals surface area contributed by atoms with Crippen LogP contribution in [0.15, 0.2) is 48.5 Å². The number of carboxylic acid groups (broad SMARTS) is 1. The van der Waals surface area contributed by atoms with Crippen molar-refractivity contribution in [3.05, 3.63) is 64.8 Å². The number of carbonyl (C=O) groups excluding carboxylic acids is 1. The van der Waals surface area contributed by atoms with Crippen molar-refractivity contribution in [3.8, 4) is 27.6 Å². The quantitative estimate of drug-likeness (QED) is 0.171. The second-order valence-electron chi connectivity index (χ2n) is 10.6. The van der Waals surface area contributed by atoms with Crippen molar-refractivity contribution in [1.82, 2.24) is 14.5 Å². The molecule has 8 heteroatoms.